The van der Waals surface area contributed by atoms with Crippen molar-refractivity contribution in [2.45, 2.75) is 90.1 Å². The zero-order valence-electron chi connectivity index (χ0n) is 21.0. The molecular formula is C25H42N2O4Si. The minimum atomic E-state index is -1.74. The van der Waals surface area contributed by atoms with Gasteiger partial charge in [0.25, 0.3) is 0 Å². The van der Waals surface area contributed by atoms with E-state index < -0.39 is 8.32 Å². The number of hydrogen-bond donors (Lipinski definition) is 1. The Bertz CT molecular complexity index is 813. The topological polar surface area (TPSA) is 74.0 Å². The van der Waals surface area contributed by atoms with Crippen molar-refractivity contribution in [1.29, 1.82) is 0 Å². The predicted molar refractivity (Wildman–Crippen MR) is 133 cm³/mol. The second-order valence-electron chi connectivity index (χ2n) is 11.0. The molecule has 0 aliphatic carbocycles. The Balaban J connectivity index is 1.60. The lowest BCUT2D eigenvalue weighted by atomic mass is 9.88. The number of ether oxygens (including phenoxy) is 2. The molecule has 1 aromatic rings. The third kappa shape index (κ3) is 5.32. The number of nitrogens with two attached hydrogens (primary N) is 1. The molecule has 0 aromatic heterocycles. The number of rotatable bonds is 5. The van der Waals surface area contributed by atoms with Gasteiger partial charge in [0.05, 0.1) is 32.1 Å². The van der Waals surface area contributed by atoms with E-state index in [1.54, 1.807) is 4.90 Å². The molecule has 32 heavy (non-hydrogen) atoms. The number of nitrogens with zero attached hydrogens (tertiary/aromatic N) is 1. The Kier molecular flexibility index (Phi) is 7.62. The number of benzene rings is 1. The van der Waals surface area contributed by atoms with Crippen LogP contribution in [-0.2, 0) is 26.7 Å². The maximum atomic E-state index is 12.3. The minimum absolute atomic E-state index is 0.109. The molecule has 3 atom stereocenters. The van der Waals surface area contributed by atoms with E-state index in [0.717, 1.165) is 61.2 Å². The first kappa shape index (κ1) is 25.1. The van der Waals surface area contributed by atoms with Crippen molar-refractivity contribution in [2.24, 2.45) is 5.92 Å². The molecule has 2 aliphatic rings. The van der Waals surface area contributed by atoms with Gasteiger partial charge in [-0.15, -0.1) is 0 Å². The number of anilines is 2. The summed E-state index contributed by atoms with van der Waals surface area (Å²) in [6.45, 7) is 14.9. The molecule has 1 aromatic carbocycles. The number of fused-ring (bicyclic) bond motifs is 1. The Hall–Kier alpha value is -1.57. The fourth-order valence-electron chi connectivity index (χ4n) is 4.45. The minimum Gasteiger partial charge on any atom is -0.452 e. The summed E-state index contributed by atoms with van der Waals surface area (Å²) >= 11 is 0. The fraction of sp³-hybridized carbons (Fsp3) is 0.720. The van der Waals surface area contributed by atoms with E-state index in [0.29, 0.717) is 12.5 Å². The summed E-state index contributed by atoms with van der Waals surface area (Å²) in [4.78, 5) is 14.0. The van der Waals surface area contributed by atoms with Crippen molar-refractivity contribution in [3.8, 4) is 0 Å². The average molecular weight is 463 g/mol. The van der Waals surface area contributed by atoms with Crippen molar-refractivity contribution in [3.63, 3.8) is 0 Å². The first-order valence-corrected chi connectivity index (χ1v) is 14.9. The zero-order chi connectivity index (χ0) is 23.7. The van der Waals surface area contributed by atoms with Gasteiger partial charge < -0.3 is 19.6 Å². The van der Waals surface area contributed by atoms with Crippen molar-refractivity contribution >= 4 is 25.8 Å². The number of amides is 1. The number of nitrogen functional groups attached to an aromatic ring is 1. The Labute approximate surface area is 194 Å². The number of hydrogen-bond acceptors (Lipinski definition) is 5. The molecule has 6 nitrogen and oxygen atoms in total. The zero-order valence-corrected chi connectivity index (χ0v) is 22.0. The molecule has 3 rings (SSSR count). The molecule has 2 aliphatic heterocycles. The van der Waals surface area contributed by atoms with Crippen LogP contribution in [0.2, 0.25) is 18.1 Å². The van der Waals surface area contributed by atoms with E-state index in [1.165, 1.54) is 7.11 Å². The van der Waals surface area contributed by atoms with Gasteiger partial charge in [0.1, 0.15) is 0 Å². The van der Waals surface area contributed by atoms with Gasteiger partial charge in [-0.05, 0) is 80.3 Å². The van der Waals surface area contributed by atoms with Crippen LogP contribution >= 0.6 is 0 Å². The van der Waals surface area contributed by atoms with Gasteiger partial charge in [-0.3, -0.25) is 4.90 Å². The molecule has 0 saturated carbocycles. The van der Waals surface area contributed by atoms with E-state index >= 15 is 0 Å². The Morgan fingerprint density at radius 3 is 2.56 bits per heavy atom. The molecular weight excluding hydrogens is 420 g/mol. The quantitative estimate of drug-likeness (QED) is 0.460. The van der Waals surface area contributed by atoms with Crippen LogP contribution in [0.3, 0.4) is 0 Å². The highest BCUT2D eigenvalue weighted by atomic mass is 28.4. The predicted octanol–water partition coefficient (Wildman–Crippen LogP) is 5.54. The highest BCUT2D eigenvalue weighted by molar-refractivity contribution is 6.74. The van der Waals surface area contributed by atoms with Gasteiger partial charge in [0, 0.05) is 11.7 Å². The van der Waals surface area contributed by atoms with Gasteiger partial charge in [-0.1, -0.05) is 26.8 Å². The van der Waals surface area contributed by atoms with E-state index in [1.807, 2.05) is 6.07 Å². The standard InChI is InChI=1S/C25H42N2O4Si/c1-17-8-12-21-22(27(17)24(28)29-5)13-10-19(23(21)26)14-18-9-11-20(30-15-18)16-31-32(6,7)25(2,3)4/h10,13,17-18,20H,8-9,11-12,14-16,26H2,1-7H3/t17-,18-,20-/m0/s1. The van der Waals surface area contributed by atoms with Gasteiger partial charge in [-0.2, -0.15) is 0 Å². The summed E-state index contributed by atoms with van der Waals surface area (Å²) in [5, 5.41) is 0.218. The molecule has 1 saturated heterocycles. The smallest absolute Gasteiger partial charge is 0.414 e. The van der Waals surface area contributed by atoms with Crippen LogP contribution in [0.4, 0.5) is 16.2 Å². The van der Waals surface area contributed by atoms with Gasteiger partial charge in [-0.25, -0.2) is 4.79 Å². The molecule has 0 spiro atoms. The molecule has 1 amide bonds. The third-order valence-electron chi connectivity index (χ3n) is 7.72. The summed E-state index contributed by atoms with van der Waals surface area (Å²) < 4.78 is 17.6. The van der Waals surface area contributed by atoms with Gasteiger partial charge in [0.15, 0.2) is 8.32 Å². The number of carbonyl (C=O) groups is 1. The van der Waals surface area contributed by atoms with Crippen LogP contribution in [0.25, 0.3) is 0 Å². The van der Waals surface area contributed by atoms with Crippen LogP contribution in [-0.4, -0.2) is 46.9 Å². The largest absolute Gasteiger partial charge is 0.452 e. The molecule has 7 heteroatoms. The van der Waals surface area contributed by atoms with Crippen LogP contribution in [0.15, 0.2) is 12.1 Å². The van der Waals surface area contributed by atoms with Crippen molar-refractivity contribution in [2.75, 3.05) is 31.0 Å². The molecule has 180 valence electrons. The molecule has 0 bridgehead atoms. The molecule has 1 fully saturated rings. The lowest BCUT2D eigenvalue weighted by Gasteiger charge is -2.38. The van der Waals surface area contributed by atoms with Crippen LogP contribution in [0.1, 0.15) is 58.1 Å². The first-order chi connectivity index (χ1) is 14.9. The summed E-state index contributed by atoms with van der Waals surface area (Å²) in [6, 6.07) is 4.22. The average Bonchev–Trinajstić information content (AvgIpc) is 2.74. The summed E-state index contributed by atoms with van der Waals surface area (Å²) in [5.41, 5.74) is 10.5. The molecule has 0 radical (unpaired) electrons. The van der Waals surface area contributed by atoms with Crippen LogP contribution in [0.5, 0.6) is 0 Å². The molecule has 0 unspecified atom stereocenters. The Morgan fingerprint density at radius 2 is 1.97 bits per heavy atom. The van der Waals surface area contributed by atoms with Crippen molar-refractivity contribution in [3.05, 3.63) is 23.3 Å². The SMILES string of the molecule is COC(=O)N1c2ccc(C[C@@H]3CC[C@@H](CO[Si](C)(C)C(C)(C)C)OC3)c(N)c2CC[C@@H]1C. The normalized spacial score (nSPS) is 24.2. The lowest BCUT2D eigenvalue weighted by molar-refractivity contribution is -0.0395. The molecule has 2 N–H and O–H groups in total. The second-order valence-corrected chi connectivity index (χ2v) is 15.8. The van der Waals surface area contributed by atoms with E-state index in [4.69, 9.17) is 19.6 Å². The van der Waals surface area contributed by atoms with Crippen molar-refractivity contribution in [1.82, 2.24) is 0 Å². The monoisotopic (exact) mass is 462 g/mol. The summed E-state index contributed by atoms with van der Waals surface area (Å²) in [6.07, 6.45) is 4.69. The lowest BCUT2D eigenvalue weighted by Crippen LogP contribution is -2.43. The second kappa shape index (κ2) is 9.73. The van der Waals surface area contributed by atoms with Crippen LogP contribution in [0, 0.1) is 5.92 Å². The highest BCUT2D eigenvalue weighted by Crippen LogP contribution is 2.39. The van der Waals surface area contributed by atoms with Gasteiger partial charge >= 0.3 is 6.09 Å². The summed E-state index contributed by atoms with van der Waals surface area (Å²) in [7, 11) is -0.318. The van der Waals surface area contributed by atoms with Crippen LogP contribution < -0.4 is 10.6 Å². The summed E-state index contributed by atoms with van der Waals surface area (Å²) in [5.74, 6) is 0.457. The van der Waals surface area contributed by atoms with E-state index in [-0.39, 0.29) is 23.3 Å². The van der Waals surface area contributed by atoms with Gasteiger partial charge in [0.2, 0.25) is 0 Å². The van der Waals surface area contributed by atoms with E-state index in [9.17, 15) is 4.79 Å². The molecule has 2 heterocycles. The Morgan fingerprint density at radius 1 is 1.25 bits per heavy atom. The number of methoxy groups -OCH3 is 1. The maximum absolute atomic E-state index is 12.3. The maximum Gasteiger partial charge on any atom is 0.414 e. The number of carbonyl (C=O) groups excluding carboxylic acids is 1. The van der Waals surface area contributed by atoms with E-state index in [2.05, 4.69) is 46.9 Å². The van der Waals surface area contributed by atoms with Crippen molar-refractivity contribution < 1.29 is 18.7 Å². The first-order valence-electron chi connectivity index (χ1n) is 12.0. The highest BCUT2D eigenvalue weighted by Gasteiger charge is 2.38. The fourth-order valence-corrected chi connectivity index (χ4v) is 5.48. The third-order valence-corrected chi connectivity index (χ3v) is 12.2.